The van der Waals surface area contributed by atoms with Crippen LogP contribution >= 0.6 is 0 Å². The Morgan fingerprint density at radius 1 is 1.37 bits per heavy atom. The van der Waals surface area contributed by atoms with Crippen molar-refractivity contribution in [2.45, 2.75) is 6.42 Å². The maximum atomic E-state index is 10.6. The molecule has 0 unspecified atom stereocenters. The van der Waals surface area contributed by atoms with Crippen LogP contribution in [0.2, 0.25) is 0 Å². The Balaban J connectivity index is 2.40. The molecular weight excluding hydrogens is 244 g/mol. The zero-order valence-corrected chi connectivity index (χ0v) is 11.0. The van der Waals surface area contributed by atoms with Gasteiger partial charge < -0.3 is 14.7 Å². The molecule has 0 bridgehead atoms. The first-order valence-corrected chi connectivity index (χ1v) is 5.98. The molecule has 0 aliphatic carbocycles. The molecule has 0 saturated carbocycles. The first kappa shape index (κ1) is 13.1. The van der Waals surface area contributed by atoms with Crippen molar-refractivity contribution in [2.24, 2.45) is 0 Å². The van der Waals surface area contributed by atoms with Crippen LogP contribution in [-0.4, -0.2) is 36.8 Å². The van der Waals surface area contributed by atoms with Gasteiger partial charge in [-0.1, -0.05) is 12.1 Å². The number of methoxy groups -OCH3 is 1. The van der Waals surface area contributed by atoms with Crippen LogP contribution in [0, 0.1) is 0 Å². The number of pyridine rings is 1. The molecule has 0 radical (unpaired) electrons. The lowest BCUT2D eigenvalue weighted by molar-refractivity contribution is -0.136. The zero-order chi connectivity index (χ0) is 13.8. The SMILES string of the molecule is COc1cccc2c(N(C)CCC(=O)O)nccc12. The molecule has 2 rings (SSSR count). The average Bonchev–Trinajstić information content (AvgIpc) is 2.43. The third kappa shape index (κ3) is 2.76. The fourth-order valence-electron chi connectivity index (χ4n) is 2.01. The van der Waals surface area contributed by atoms with Gasteiger partial charge in [-0.25, -0.2) is 4.98 Å². The predicted octanol–water partition coefficient (Wildman–Crippen LogP) is 2.15. The monoisotopic (exact) mass is 260 g/mol. The van der Waals surface area contributed by atoms with E-state index in [1.807, 2.05) is 36.2 Å². The lowest BCUT2D eigenvalue weighted by atomic mass is 10.1. The van der Waals surface area contributed by atoms with Crippen LogP contribution in [0.1, 0.15) is 6.42 Å². The van der Waals surface area contributed by atoms with Gasteiger partial charge in [-0.3, -0.25) is 4.79 Å². The summed E-state index contributed by atoms with van der Waals surface area (Å²) in [6, 6.07) is 7.64. The highest BCUT2D eigenvalue weighted by Crippen LogP contribution is 2.30. The molecule has 1 heterocycles. The van der Waals surface area contributed by atoms with Gasteiger partial charge in [0.1, 0.15) is 11.6 Å². The predicted molar refractivity (Wildman–Crippen MR) is 73.8 cm³/mol. The van der Waals surface area contributed by atoms with E-state index in [0.29, 0.717) is 6.54 Å². The van der Waals surface area contributed by atoms with Crippen LogP contribution in [0.5, 0.6) is 5.75 Å². The Morgan fingerprint density at radius 3 is 2.84 bits per heavy atom. The third-order valence-corrected chi connectivity index (χ3v) is 2.99. The molecule has 1 aromatic carbocycles. The summed E-state index contributed by atoms with van der Waals surface area (Å²) in [5.41, 5.74) is 0. The average molecular weight is 260 g/mol. The first-order valence-electron chi connectivity index (χ1n) is 5.98. The summed E-state index contributed by atoms with van der Waals surface area (Å²) in [5, 5.41) is 10.7. The molecule has 1 N–H and O–H groups in total. The molecule has 0 fully saturated rings. The molecule has 2 aromatic rings. The maximum absolute atomic E-state index is 10.6. The number of fused-ring (bicyclic) bond motifs is 1. The van der Waals surface area contributed by atoms with Gasteiger partial charge in [0.15, 0.2) is 0 Å². The number of anilines is 1. The fourth-order valence-corrected chi connectivity index (χ4v) is 2.01. The minimum atomic E-state index is -0.815. The summed E-state index contributed by atoms with van der Waals surface area (Å²) in [4.78, 5) is 16.8. The number of carbonyl (C=O) groups is 1. The molecule has 5 nitrogen and oxygen atoms in total. The smallest absolute Gasteiger partial charge is 0.305 e. The Bertz CT molecular complexity index is 598. The van der Waals surface area contributed by atoms with E-state index < -0.39 is 5.97 Å². The second-order valence-electron chi connectivity index (χ2n) is 4.26. The van der Waals surface area contributed by atoms with Crippen molar-refractivity contribution in [1.29, 1.82) is 0 Å². The summed E-state index contributed by atoms with van der Waals surface area (Å²) >= 11 is 0. The highest BCUT2D eigenvalue weighted by atomic mass is 16.5. The van der Waals surface area contributed by atoms with Gasteiger partial charge in [0.25, 0.3) is 0 Å². The molecule has 100 valence electrons. The summed E-state index contributed by atoms with van der Waals surface area (Å²) in [7, 11) is 3.47. The van der Waals surface area contributed by atoms with Crippen LogP contribution in [0.3, 0.4) is 0 Å². The molecule has 1 aromatic heterocycles. The van der Waals surface area contributed by atoms with Gasteiger partial charge >= 0.3 is 5.97 Å². The van der Waals surface area contributed by atoms with Crippen LogP contribution in [0.15, 0.2) is 30.5 Å². The van der Waals surface area contributed by atoms with E-state index in [-0.39, 0.29) is 6.42 Å². The van der Waals surface area contributed by atoms with E-state index in [1.54, 1.807) is 13.3 Å². The number of hydrogen-bond donors (Lipinski definition) is 1. The number of aromatic nitrogens is 1. The number of aliphatic carboxylic acids is 1. The molecular formula is C14H16N2O3. The van der Waals surface area contributed by atoms with E-state index in [0.717, 1.165) is 22.3 Å². The highest BCUT2D eigenvalue weighted by molar-refractivity contribution is 5.96. The van der Waals surface area contributed by atoms with Crippen molar-refractivity contribution in [3.8, 4) is 5.75 Å². The Labute approximate surface area is 111 Å². The molecule has 0 spiro atoms. The number of hydrogen-bond acceptors (Lipinski definition) is 4. The third-order valence-electron chi connectivity index (χ3n) is 2.99. The quantitative estimate of drug-likeness (QED) is 0.892. The zero-order valence-electron chi connectivity index (χ0n) is 11.0. The van der Waals surface area contributed by atoms with Crippen LogP contribution in [0.4, 0.5) is 5.82 Å². The first-order chi connectivity index (χ1) is 9.13. The minimum Gasteiger partial charge on any atom is -0.496 e. The summed E-state index contributed by atoms with van der Waals surface area (Å²) in [5.74, 6) is 0.732. The van der Waals surface area contributed by atoms with Crippen LogP contribution < -0.4 is 9.64 Å². The topological polar surface area (TPSA) is 62.7 Å². The molecule has 0 atom stereocenters. The Kier molecular flexibility index (Phi) is 3.85. The number of nitrogens with zero attached hydrogens (tertiary/aromatic N) is 2. The largest absolute Gasteiger partial charge is 0.496 e. The molecule has 0 amide bonds. The van der Waals surface area contributed by atoms with Crippen molar-refractivity contribution in [2.75, 3.05) is 25.6 Å². The molecule has 0 saturated heterocycles. The van der Waals surface area contributed by atoms with Gasteiger partial charge in [-0.15, -0.1) is 0 Å². The van der Waals surface area contributed by atoms with Gasteiger partial charge in [0.2, 0.25) is 0 Å². The Hall–Kier alpha value is -2.30. The van der Waals surface area contributed by atoms with E-state index in [1.165, 1.54) is 0 Å². The summed E-state index contributed by atoms with van der Waals surface area (Å²) in [6.45, 7) is 0.415. The number of carboxylic acid groups (broad SMARTS) is 1. The normalized spacial score (nSPS) is 10.4. The molecule has 0 aliphatic heterocycles. The van der Waals surface area contributed by atoms with Crippen molar-refractivity contribution in [3.63, 3.8) is 0 Å². The fraction of sp³-hybridized carbons (Fsp3) is 0.286. The number of benzene rings is 1. The van der Waals surface area contributed by atoms with E-state index >= 15 is 0 Å². The van der Waals surface area contributed by atoms with Gasteiger partial charge in [0, 0.05) is 30.6 Å². The van der Waals surface area contributed by atoms with Crippen LogP contribution in [0.25, 0.3) is 10.8 Å². The summed E-state index contributed by atoms with van der Waals surface area (Å²) in [6.07, 6.45) is 1.79. The second-order valence-corrected chi connectivity index (χ2v) is 4.26. The summed E-state index contributed by atoms with van der Waals surface area (Å²) < 4.78 is 5.32. The molecule has 19 heavy (non-hydrogen) atoms. The second kappa shape index (κ2) is 5.56. The van der Waals surface area contributed by atoms with Gasteiger partial charge in [0.05, 0.1) is 13.5 Å². The number of carboxylic acids is 1. The van der Waals surface area contributed by atoms with Crippen molar-refractivity contribution in [3.05, 3.63) is 30.5 Å². The van der Waals surface area contributed by atoms with E-state index in [2.05, 4.69) is 4.98 Å². The minimum absolute atomic E-state index is 0.0819. The Morgan fingerprint density at radius 2 is 2.16 bits per heavy atom. The van der Waals surface area contributed by atoms with E-state index in [4.69, 9.17) is 9.84 Å². The van der Waals surface area contributed by atoms with Crippen molar-refractivity contribution in [1.82, 2.24) is 4.98 Å². The molecule has 0 aliphatic rings. The highest BCUT2D eigenvalue weighted by Gasteiger charge is 2.11. The number of rotatable bonds is 5. The van der Waals surface area contributed by atoms with Crippen molar-refractivity contribution < 1.29 is 14.6 Å². The van der Waals surface area contributed by atoms with Gasteiger partial charge in [-0.05, 0) is 12.1 Å². The lowest BCUT2D eigenvalue weighted by Gasteiger charge is -2.19. The number of ether oxygens (including phenoxy) is 1. The van der Waals surface area contributed by atoms with Crippen LogP contribution in [-0.2, 0) is 4.79 Å². The van der Waals surface area contributed by atoms with Gasteiger partial charge in [-0.2, -0.15) is 0 Å². The molecule has 5 heteroatoms. The lowest BCUT2D eigenvalue weighted by Crippen LogP contribution is -2.22. The maximum Gasteiger partial charge on any atom is 0.305 e. The van der Waals surface area contributed by atoms with E-state index in [9.17, 15) is 4.79 Å². The van der Waals surface area contributed by atoms with Crippen molar-refractivity contribution >= 4 is 22.6 Å². The standard InChI is InChI=1S/C14H16N2O3/c1-16(9-7-13(17)18)14-11-4-3-5-12(19-2)10(11)6-8-15-14/h3-6,8H,7,9H2,1-2H3,(H,17,18).